The topological polar surface area (TPSA) is 18.5 Å². The van der Waals surface area contributed by atoms with E-state index in [1.54, 1.807) is 0 Å². The van der Waals surface area contributed by atoms with Crippen LogP contribution in [0.4, 0.5) is 0 Å². The van der Waals surface area contributed by atoms with Gasteiger partial charge in [0.2, 0.25) is 0 Å². The molecule has 0 aliphatic carbocycles. The molecule has 150 valence electrons. The molecule has 1 rings (SSSR count). The number of rotatable bonds is 16. The molecule has 0 fully saturated rings. The van der Waals surface area contributed by atoms with Crippen molar-refractivity contribution in [2.45, 2.75) is 90.9 Å². The molecule has 0 aliphatic heterocycles. The molecule has 26 heavy (non-hydrogen) atoms. The normalized spacial score (nSPS) is 10.9. The minimum absolute atomic E-state index is 0.773. The van der Waals surface area contributed by atoms with Crippen molar-refractivity contribution in [3.63, 3.8) is 0 Å². The third-order valence-electron chi connectivity index (χ3n) is 4.50. The van der Waals surface area contributed by atoms with Gasteiger partial charge in [0, 0.05) is 0 Å². The van der Waals surface area contributed by atoms with Crippen molar-refractivity contribution >= 4 is 31.9 Å². The summed E-state index contributed by atoms with van der Waals surface area (Å²) in [6.45, 7) is 6.04. The average molecular weight is 492 g/mol. The maximum absolute atomic E-state index is 5.93. The maximum Gasteiger partial charge on any atom is 0.134 e. The molecule has 0 amide bonds. The summed E-state index contributed by atoms with van der Waals surface area (Å²) >= 11 is 7.22. The molecule has 0 spiro atoms. The summed E-state index contributed by atoms with van der Waals surface area (Å²) in [5.74, 6) is 1.77. The van der Waals surface area contributed by atoms with Gasteiger partial charge in [-0.15, -0.1) is 0 Å². The molecule has 0 aromatic heterocycles. The lowest BCUT2D eigenvalue weighted by Gasteiger charge is -2.13. The monoisotopic (exact) mass is 490 g/mol. The van der Waals surface area contributed by atoms with Crippen molar-refractivity contribution in [1.82, 2.24) is 0 Å². The van der Waals surface area contributed by atoms with E-state index in [1.165, 1.54) is 64.2 Å². The highest BCUT2D eigenvalue weighted by atomic mass is 79.9. The third-order valence-corrected chi connectivity index (χ3v) is 5.74. The first-order valence-corrected chi connectivity index (χ1v) is 12.0. The number of hydrogen-bond acceptors (Lipinski definition) is 2. The summed E-state index contributed by atoms with van der Waals surface area (Å²) in [6, 6.07) is 4.02. The van der Waals surface area contributed by atoms with Crippen LogP contribution in [0.5, 0.6) is 11.5 Å². The minimum Gasteiger partial charge on any atom is -0.492 e. The van der Waals surface area contributed by atoms with E-state index in [0.29, 0.717) is 0 Å². The summed E-state index contributed by atoms with van der Waals surface area (Å²) < 4.78 is 13.8. The lowest BCUT2D eigenvalue weighted by molar-refractivity contribution is 0.293. The minimum atomic E-state index is 0.773. The summed E-state index contributed by atoms with van der Waals surface area (Å²) in [5, 5.41) is 0. The van der Waals surface area contributed by atoms with Crippen LogP contribution in [0.15, 0.2) is 21.1 Å². The van der Waals surface area contributed by atoms with Gasteiger partial charge in [0.25, 0.3) is 0 Å². The van der Waals surface area contributed by atoms with Gasteiger partial charge in [0.15, 0.2) is 0 Å². The fourth-order valence-electron chi connectivity index (χ4n) is 2.86. The van der Waals surface area contributed by atoms with E-state index in [9.17, 15) is 0 Å². The average Bonchev–Trinajstić information content (AvgIpc) is 2.63. The number of ether oxygens (including phenoxy) is 2. The number of hydrogen-bond donors (Lipinski definition) is 0. The van der Waals surface area contributed by atoms with Crippen molar-refractivity contribution in [2.24, 2.45) is 0 Å². The summed E-state index contributed by atoms with van der Waals surface area (Å²) in [5.41, 5.74) is 0. The van der Waals surface area contributed by atoms with Crippen LogP contribution < -0.4 is 9.47 Å². The lowest BCUT2D eigenvalue weighted by atomic mass is 10.1. The predicted molar refractivity (Wildman–Crippen MR) is 120 cm³/mol. The summed E-state index contributed by atoms with van der Waals surface area (Å²) in [7, 11) is 0. The highest BCUT2D eigenvalue weighted by Gasteiger charge is 2.09. The Labute approximate surface area is 177 Å². The molecule has 1 aromatic carbocycles. The van der Waals surface area contributed by atoms with Gasteiger partial charge in [-0.3, -0.25) is 0 Å². The summed E-state index contributed by atoms with van der Waals surface area (Å²) in [6.07, 6.45) is 15.3. The van der Waals surface area contributed by atoms with E-state index >= 15 is 0 Å². The lowest BCUT2D eigenvalue weighted by Crippen LogP contribution is -2.01. The van der Waals surface area contributed by atoms with E-state index in [1.807, 2.05) is 12.1 Å². The van der Waals surface area contributed by atoms with Crippen LogP contribution in [0, 0.1) is 0 Å². The highest BCUT2D eigenvalue weighted by Crippen LogP contribution is 2.36. The van der Waals surface area contributed by atoms with E-state index in [0.717, 1.165) is 46.5 Å². The number of halogens is 2. The van der Waals surface area contributed by atoms with Crippen LogP contribution in [0.25, 0.3) is 0 Å². The third kappa shape index (κ3) is 10.8. The Kier molecular flexibility index (Phi) is 14.5. The van der Waals surface area contributed by atoms with Gasteiger partial charge in [0.05, 0.1) is 22.2 Å². The molecule has 2 nitrogen and oxygen atoms in total. The van der Waals surface area contributed by atoms with Gasteiger partial charge < -0.3 is 9.47 Å². The zero-order valence-electron chi connectivity index (χ0n) is 16.6. The first kappa shape index (κ1) is 23.8. The summed E-state index contributed by atoms with van der Waals surface area (Å²) in [4.78, 5) is 0. The van der Waals surface area contributed by atoms with Gasteiger partial charge in [-0.1, -0.05) is 78.1 Å². The van der Waals surface area contributed by atoms with Crippen molar-refractivity contribution in [2.75, 3.05) is 13.2 Å². The Morgan fingerprint density at radius 1 is 0.577 bits per heavy atom. The largest absolute Gasteiger partial charge is 0.492 e. The quantitative estimate of drug-likeness (QED) is 0.215. The molecular weight excluding hydrogens is 456 g/mol. The van der Waals surface area contributed by atoms with Gasteiger partial charge >= 0.3 is 0 Å². The molecule has 0 bridgehead atoms. The maximum atomic E-state index is 5.93. The van der Waals surface area contributed by atoms with E-state index in [-0.39, 0.29) is 0 Å². The molecule has 4 heteroatoms. The number of benzene rings is 1. The Bertz CT molecular complexity index is 434. The van der Waals surface area contributed by atoms with Crippen molar-refractivity contribution in [3.8, 4) is 11.5 Å². The van der Waals surface area contributed by atoms with Gasteiger partial charge in [-0.2, -0.15) is 0 Å². The van der Waals surface area contributed by atoms with Crippen LogP contribution in [0.2, 0.25) is 0 Å². The van der Waals surface area contributed by atoms with E-state index < -0.39 is 0 Å². The van der Waals surface area contributed by atoms with Crippen molar-refractivity contribution in [3.05, 3.63) is 21.1 Å². The Morgan fingerprint density at radius 3 is 1.31 bits per heavy atom. The standard InChI is InChI=1S/C22H36Br2O2/c1-3-5-7-9-11-13-15-25-21-17-20(24)22(18-19(21)23)26-16-14-12-10-8-6-4-2/h17-18H,3-16H2,1-2H3. The second-order valence-corrected chi connectivity index (χ2v) is 8.65. The second-order valence-electron chi connectivity index (χ2n) is 6.95. The van der Waals surface area contributed by atoms with Crippen molar-refractivity contribution in [1.29, 1.82) is 0 Å². The molecule has 0 unspecified atom stereocenters. The molecule has 0 radical (unpaired) electrons. The Morgan fingerprint density at radius 2 is 0.923 bits per heavy atom. The SMILES string of the molecule is CCCCCCCCOc1cc(Br)c(OCCCCCCCC)cc1Br. The molecule has 0 heterocycles. The van der Waals surface area contributed by atoms with Crippen LogP contribution in [-0.4, -0.2) is 13.2 Å². The first-order chi connectivity index (χ1) is 12.7. The van der Waals surface area contributed by atoms with Gasteiger partial charge in [0.1, 0.15) is 11.5 Å². The van der Waals surface area contributed by atoms with E-state index in [4.69, 9.17) is 9.47 Å². The van der Waals surface area contributed by atoms with Crippen molar-refractivity contribution < 1.29 is 9.47 Å². The first-order valence-electron chi connectivity index (χ1n) is 10.4. The van der Waals surface area contributed by atoms with Crippen LogP contribution in [-0.2, 0) is 0 Å². The zero-order valence-corrected chi connectivity index (χ0v) is 19.8. The fourth-order valence-corrected chi connectivity index (χ4v) is 3.73. The second kappa shape index (κ2) is 15.8. The smallest absolute Gasteiger partial charge is 0.134 e. The number of unbranched alkanes of at least 4 members (excludes halogenated alkanes) is 10. The zero-order chi connectivity index (χ0) is 19.0. The van der Waals surface area contributed by atoms with Gasteiger partial charge in [-0.05, 0) is 56.8 Å². The molecular formula is C22H36Br2O2. The molecule has 0 saturated carbocycles. The molecule has 1 aromatic rings. The molecule has 0 saturated heterocycles. The van der Waals surface area contributed by atoms with Gasteiger partial charge in [-0.25, -0.2) is 0 Å². The highest BCUT2D eigenvalue weighted by molar-refractivity contribution is 9.11. The predicted octanol–water partition coefficient (Wildman–Crippen LogP) is 8.69. The molecule has 0 atom stereocenters. The Hall–Kier alpha value is -0.220. The fraction of sp³-hybridized carbons (Fsp3) is 0.727. The van der Waals surface area contributed by atoms with Crippen LogP contribution in [0.3, 0.4) is 0 Å². The van der Waals surface area contributed by atoms with Crippen LogP contribution in [0.1, 0.15) is 90.9 Å². The molecule has 0 aliphatic rings. The Balaban J connectivity index is 2.26. The molecule has 0 N–H and O–H groups in total. The van der Waals surface area contributed by atoms with Crippen LogP contribution >= 0.6 is 31.9 Å². The van der Waals surface area contributed by atoms with E-state index in [2.05, 4.69) is 45.7 Å².